The van der Waals surface area contributed by atoms with Crippen LogP contribution in [0.5, 0.6) is 17.2 Å². The van der Waals surface area contributed by atoms with Gasteiger partial charge in [-0.2, -0.15) is 0 Å². The standard InChI is InChI=1S/C15H16O3/c1-12-7-8-14(15(11-12)17-10-9-16)18-13-5-3-2-4-6-13/h2-8,11,16H,9-10H2,1H3. The summed E-state index contributed by atoms with van der Waals surface area (Å²) in [6.07, 6.45) is 0. The highest BCUT2D eigenvalue weighted by atomic mass is 16.5. The predicted octanol–water partition coefficient (Wildman–Crippen LogP) is 3.16. The van der Waals surface area contributed by atoms with Crippen LogP contribution >= 0.6 is 0 Å². The number of benzene rings is 2. The van der Waals surface area contributed by atoms with Crippen molar-refractivity contribution in [3.8, 4) is 17.2 Å². The lowest BCUT2D eigenvalue weighted by Gasteiger charge is -2.12. The molecule has 18 heavy (non-hydrogen) atoms. The van der Waals surface area contributed by atoms with Gasteiger partial charge in [0.25, 0.3) is 0 Å². The van der Waals surface area contributed by atoms with Gasteiger partial charge in [0, 0.05) is 0 Å². The largest absolute Gasteiger partial charge is 0.487 e. The summed E-state index contributed by atoms with van der Waals surface area (Å²) in [6.45, 7) is 2.23. The van der Waals surface area contributed by atoms with Crippen LogP contribution in [-0.4, -0.2) is 18.3 Å². The predicted molar refractivity (Wildman–Crippen MR) is 70.3 cm³/mol. The van der Waals surface area contributed by atoms with E-state index in [0.717, 1.165) is 11.3 Å². The Kier molecular flexibility index (Phi) is 4.20. The number of ether oxygens (including phenoxy) is 2. The number of aliphatic hydroxyl groups is 1. The Labute approximate surface area is 107 Å². The van der Waals surface area contributed by atoms with E-state index in [1.807, 2.05) is 55.5 Å². The van der Waals surface area contributed by atoms with Gasteiger partial charge in [-0.15, -0.1) is 0 Å². The number of hydrogen-bond acceptors (Lipinski definition) is 3. The van der Waals surface area contributed by atoms with Crippen molar-refractivity contribution >= 4 is 0 Å². The fourth-order valence-electron chi connectivity index (χ4n) is 1.58. The maximum atomic E-state index is 8.81. The van der Waals surface area contributed by atoms with Crippen LogP contribution in [0.4, 0.5) is 0 Å². The molecule has 0 atom stereocenters. The van der Waals surface area contributed by atoms with Gasteiger partial charge in [0.15, 0.2) is 11.5 Å². The van der Waals surface area contributed by atoms with E-state index in [-0.39, 0.29) is 13.2 Å². The summed E-state index contributed by atoms with van der Waals surface area (Å²) in [5.74, 6) is 2.06. The molecule has 0 saturated carbocycles. The molecule has 0 unspecified atom stereocenters. The summed E-state index contributed by atoms with van der Waals surface area (Å²) in [4.78, 5) is 0. The van der Waals surface area contributed by atoms with Crippen molar-refractivity contribution in [2.75, 3.05) is 13.2 Å². The van der Waals surface area contributed by atoms with E-state index >= 15 is 0 Å². The Balaban J connectivity index is 2.21. The summed E-state index contributed by atoms with van der Waals surface area (Å²) >= 11 is 0. The normalized spacial score (nSPS) is 10.1. The van der Waals surface area contributed by atoms with Gasteiger partial charge in [-0.05, 0) is 36.8 Å². The number of rotatable bonds is 5. The van der Waals surface area contributed by atoms with Crippen molar-refractivity contribution in [1.82, 2.24) is 0 Å². The molecule has 2 aromatic carbocycles. The summed E-state index contributed by atoms with van der Waals surface area (Å²) in [5.41, 5.74) is 1.09. The second-order valence-electron chi connectivity index (χ2n) is 3.94. The van der Waals surface area contributed by atoms with Crippen LogP contribution in [0.15, 0.2) is 48.5 Å². The molecule has 0 radical (unpaired) electrons. The van der Waals surface area contributed by atoms with Crippen molar-refractivity contribution in [3.05, 3.63) is 54.1 Å². The van der Waals surface area contributed by atoms with Crippen LogP contribution in [0, 0.1) is 6.92 Å². The van der Waals surface area contributed by atoms with Crippen molar-refractivity contribution in [1.29, 1.82) is 0 Å². The summed E-state index contributed by atoms with van der Waals surface area (Å²) in [5, 5.41) is 8.81. The molecule has 0 fully saturated rings. The summed E-state index contributed by atoms with van der Waals surface area (Å²) in [6, 6.07) is 15.3. The SMILES string of the molecule is Cc1ccc(Oc2ccccc2)c(OCCO)c1. The van der Waals surface area contributed by atoms with Crippen molar-refractivity contribution in [3.63, 3.8) is 0 Å². The van der Waals surface area contributed by atoms with Crippen molar-refractivity contribution in [2.45, 2.75) is 6.92 Å². The molecule has 94 valence electrons. The van der Waals surface area contributed by atoms with Gasteiger partial charge >= 0.3 is 0 Å². The third-order valence-electron chi connectivity index (χ3n) is 2.42. The van der Waals surface area contributed by atoms with E-state index in [0.29, 0.717) is 11.5 Å². The fraction of sp³-hybridized carbons (Fsp3) is 0.200. The zero-order chi connectivity index (χ0) is 12.8. The topological polar surface area (TPSA) is 38.7 Å². The quantitative estimate of drug-likeness (QED) is 0.878. The molecule has 0 aromatic heterocycles. The van der Waals surface area contributed by atoms with Crippen LogP contribution in [-0.2, 0) is 0 Å². The van der Waals surface area contributed by atoms with E-state index < -0.39 is 0 Å². The molecule has 0 bridgehead atoms. The van der Waals surface area contributed by atoms with Crippen molar-refractivity contribution in [2.24, 2.45) is 0 Å². The fourth-order valence-corrected chi connectivity index (χ4v) is 1.58. The summed E-state index contributed by atoms with van der Waals surface area (Å²) < 4.78 is 11.2. The molecule has 3 nitrogen and oxygen atoms in total. The Bertz CT molecular complexity index is 494. The third-order valence-corrected chi connectivity index (χ3v) is 2.42. The zero-order valence-corrected chi connectivity index (χ0v) is 10.3. The zero-order valence-electron chi connectivity index (χ0n) is 10.3. The number of aryl methyl sites for hydroxylation is 1. The monoisotopic (exact) mass is 244 g/mol. The van der Waals surface area contributed by atoms with Crippen LogP contribution in [0.25, 0.3) is 0 Å². The van der Waals surface area contributed by atoms with Gasteiger partial charge < -0.3 is 14.6 Å². The lowest BCUT2D eigenvalue weighted by molar-refractivity contribution is 0.197. The highest BCUT2D eigenvalue weighted by Crippen LogP contribution is 2.32. The lowest BCUT2D eigenvalue weighted by Crippen LogP contribution is -2.03. The minimum Gasteiger partial charge on any atom is -0.487 e. The van der Waals surface area contributed by atoms with Crippen LogP contribution in [0.2, 0.25) is 0 Å². The molecule has 0 heterocycles. The highest BCUT2D eigenvalue weighted by Gasteiger charge is 2.06. The van der Waals surface area contributed by atoms with Gasteiger partial charge in [0.05, 0.1) is 6.61 Å². The van der Waals surface area contributed by atoms with Crippen LogP contribution in [0.1, 0.15) is 5.56 Å². The van der Waals surface area contributed by atoms with E-state index in [4.69, 9.17) is 14.6 Å². The van der Waals surface area contributed by atoms with Gasteiger partial charge in [0.2, 0.25) is 0 Å². The Morgan fingerprint density at radius 1 is 1.00 bits per heavy atom. The maximum Gasteiger partial charge on any atom is 0.169 e. The summed E-state index contributed by atoms with van der Waals surface area (Å²) in [7, 11) is 0. The molecule has 0 aliphatic heterocycles. The molecule has 0 saturated heterocycles. The first kappa shape index (κ1) is 12.5. The molecule has 0 spiro atoms. The second kappa shape index (κ2) is 6.07. The second-order valence-corrected chi connectivity index (χ2v) is 3.94. The maximum absolute atomic E-state index is 8.81. The highest BCUT2D eigenvalue weighted by molar-refractivity contribution is 5.45. The number of para-hydroxylation sites is 1. The third kappa shape index (κ3) is 3.25. The molecule has 2 rings (SSSR count). The lowest BCUT2D eigenvalue weighted by atomic mass is 10.2. The molecule has 2 aromatic rings. The molecule has 1 N–H and O–H groups in total. The average Bonchev–Trinajstić information content (AvgIpc) is 2.40. The molecule has 3 heteroatoms. The van der Waals surface area contributed by atoms with E-state index in [1.54, 1.807) is 0 Å². The first-order chi connectivity index (χ1) is 8.79. The minimum absolute atomic E-state index is 0.0152. The Morgan fingerprint density at radius 3 is 2.50 bits per heavy atom. The molecular formula is C15H16O3. The molecular weight excluding hydrogens is 228 g/mol. The Morgan fingerprint density at radius 2 is 1.78 bits per heavy atom. The van der Waals surface area contributed by atoms with Crippen LogP contribution in [0.3, 0.4) is 0 Å². The molecule has 0 aliphatic carbocycles. The molecule has 0 aliphatic rings. The van der Waals surface area contributed by atoms with Gasteiger partial charge in [0.1, 0.15) is 12.4 Å². The van der Waals surface area contributed by atoms with Gasteiger partial charge in [-0.1, -0.05) is 24.3 Å². The van der Waals surface area contributed by atoms with Crippen molar-refractivity contribution < 1.29 is 14.6 Å². The first-order valence-electron chi connectivity index (χ1n) is 5.87. The van der Waals surface area contributed by atoms with Crippen LogP contribution < -0.4 is 9.47 Å². The minimum atomic E-state index is -0.0152. The van der Waals surface area contributed by atoms with Gasteiger partial charge in [-0.3, -0.25) is 0 Å². The van der Waals surface area contributed by atoms with E-state index in [1.165, 1.54) is 0 Å². The van der Waals surface area contributed by atoms with E-state index in [9.17, 15) is 0 Å². The van der Waals surface area contributed by atoms with E-state index in [2.05, 4.69) is 0 Å². The number of hydrogen-bond donors (Lipinski definition) is 1. The Hall–Kier alpha value is -2.00. The average molecular weight is 244 g/mol. The smallest absolute Gasteiger partial charge is 0.169 e. The first-order valence-corrected chi connectivity index (χ1v) is 5.87. The number of aliphatic hydroxyl groups excluding tert-OH is 1. The van der Waals surface area contributed by atoms with Gasteiger partial charge in [-0.25, -0.2) is 0 Å². The molecule has 0 amide bonds.